The first-order valence-electron chi connectivity index (χ1n) is 9.26. The van der Waals surface area contributed by atoms with Gasteiger partial charge in [-0.05, 0) is 69.7 Å². The number of aryl methyl sites for hydroxylation is 2. The second kappa shape index (κ2) is 7.80. The quantitative estimate of drug-likeness (QED) is 0.856. The lowest BCUT2D eigenvalue weighted by Crippen LogP contribution is -2.39. The van der Waals surface area contributed by atoms with Gasteiger partial charge in [-0.15, -0.1) is 12.4 Å². The third kappa shape index (κ3) is 4.10. The van der Waals surface area contributed by atoms with E-state index in [-0.39, 0.29) is 18.3 Å². The fourth-order valence-corrected chi connectivity index (χ4v) is 4.42. The van der Waals surface area contributed by atoms with Crippen LogP contribution in [0.4, 0.5) is 5.69 Å². The van der Waals surface area contributed by atoms with E-state index >= 15 is 0 Å². The molecule has 140 valence electrons. The fraction of sp³-hybridized carbons (Fsp3) is 0.500. The molecule has 0 spiro atoms. The number of nitrogens with zero attached hydrogens (tertiary/aromatic N) is 2. The van der Waals surface area contributed by atoms with Crippen molar-refractivity contribution in [1.29, 1.82) is 0 Å². The summed E-state index contributed by atoms with van der Waals surface area (Å²) in [6.07, 6.45) is 5.44. The summed E-state index contributed by atoms with van der Waals surface area (Å²) in [7, 11) is 0. The van der Waals surface area contributed by atoms with Crippen LogP contribution >= 0.6 is 12.4 Å². The molecule has 2 fully saturated rings. The molecule has 2 N–H and O–H groups in total. The van der Waals surface area contributed by atoms with Gasteiger partial charge in [-0.1, -0.05) is 6.07 Å². The van der Waals surface area contributed by atoms with Gasteiger partial charge >= 0.3 is 0 Å². The summed E-state index contributed by atoms with van der Waals surface area (Å²) in [4.78, 5) is 12.5. The number of hydrogen-bond acceptors (Lipinski definition) is 3. The Balaban J connectivity index is 0.00000196. The molecule has 2 atom stereocenters. The van der Waals surface area contributed by atoms with Crippen LogP contribution in [0.5, 0.6) is 0 Å². The highest BCUT2D eigenvalue weighted by atomic mass is 35.5. The van der Waals surface area contributed by atoms with Crippen LogP contribution in [0.15, 0.2) is 30.3 Å². The zero-order valence-electron chi connectivity index (χ0n) is 15.4. The first-order chi connectivity index (χ1) is 12.1. The van der Waals surface area contributed by atoms with E-state index in [1.165, 1.54) is 12.8 Å². The van der Waals surface area contributed by atoms with Crippen molar-refractivity contribution in [2.24, 2.45) is 5.92 Å². The molecule has 2 aliphatic heterocycles. The van der Waals surface area contributed by atoms with Crippen molar-refractivity contribution >= 4 is 24.0 Å². The lowest BCUT2D eigenvalue weighted by Gasteiger charge is -2.28. The van der Waals surface area contributed by atoms with Gasteiger partial charge in [0, 0.05) is 29.9 Å². The maximum absolute atomic E-state index is 12.5. The first kappa shape index (κ1) is 18.9. The first-order valence-corrected chi connectivity index (χ1v) is 9.26. The van der Waals surface area contributed by atoms with Crippen molar-refractivity contribution in [1.82, 2.24) is 15.1 Å². The highest BCUT2D eigenvalue weighted by Crippen LogP contribution is 2.32. The second-order valence-electron chi connectivity index (χ2n) is 7.62. The average Bonchev–Trinajstić information content (AvgIpc) is 3.08. The number of carbonyl (C=O) groups excluding carboxylic acids is 1. The monoisotopic (exact) mass is 374 g/mol. The lowest BCUT2D eigenvalue weighted by molar-refractivity contribution is -0.117. The van der Waals surface area contributed by atoms with E-state index in [1.54, 1.807) is 0 Å². The number of aromatic nitrogens is 2. The molecule has 0 saturated carbocycles. The molecular formula is C20H27ClN4O. The summed E-state index contributed by atoms with van der Waals surface area (Å²) in [5.41, 5.74) is 3.90. The van der Waals surface area contributed by atoms with Crippen molar-refractivity contribution < 1.29 is 4.79 Å². The van der Waals surface area contributed by atoms with Gasteiger partial charge in [-0.3, -0.25) is 4.79 Å². The molecule has 1 amide bonds. The third-order valence-electron chi connectivity index (χ3n) is 5.43. The van der Waals surface area contributed by atoms with Crippen molar-refractivity contribution in [2.75, 3.05) is 5.32 Å². The molecule has 6 heteroatoms. The van der Waals surface area contributed by atoms with Crippen molar-refractivity contribution in [3.8, 4) is 5.69 Å². The van der Waals surface area contributed by atoms with Gasteiger partial charge < -0.3 is 10.6 Å². The Bertz CT molecular complexity index is 776. The van der Waals surface area contributed by atoms with Gasteiger partial charge in [0.05, 0.1) is 11.4 Å². The predicted molar refractivity (Wildman–Crippen MR) is 106 cm³/mol. The number of fused-ring (bicyclic) bond motifs is 2. The standard InChI is InChI=1S/C20H26N4O.ClH/c1-13-8-14(2)24(23-13)19-5-3-4-16(12-19)22-20(25)11-15-9-17-6-7-18(10-15)21-17;/h3-5,8,12,15,17-18,21H,6-7,9-11H2,1-2H3,(H,22,25);1H. The smallest absolute Gasteiger partial charge is 0.224 e. The van der Waals surface area contributed by atoms with E-state index in [0.717, 1.165) is 35.6 Å². The van der Waals surface area contributed by atoms with Crippen LogP contribution in [0, 0.1) is 19.8 Å². The van der Waals surface area contributed by atoms with E-state index in [0.29, 0.717) is 24.4 Å². The van der Waals surface area contributed by atoms with Crippen LogP contribution in [0.1, 0.15) is 43.5 Å². The molecule has 2 unspecified atom stereocenters. The maximum atomic E-state index is 12.5. The number of benzene rings is 1. The molecule has 2 bridgehead atoms. The molecule has 1 aromatic heterocycles. The van der Waals surface area contributed by atoms with Gasteiger partial charge in [0.25, 0.3) is 0 Å². The van der Waals surface area contributed by atoms with Crippen LogP contribution in [-0.4, -0.2) is 27.8 Å². The molecule has 1 aromatic carbocycles. The Morgan fingerprint density at radius 1 is 1.23 bits per heavy atom. The lowest BCUT2D eigenvalue weighted by atomic mass is 9.89. The topological polar surface area (TPSA) is 59.0 Å². The Morgan fingerprint density at radius 3 is 2.62 bits per heavy atom. The van der Waals surface area contributed by atoms with Gasteiger partial charge in [-0.2, -0.15) is 5.10 Å². The predicted octanol–water partition coefficient (Wildman–Crippen LogP) is 3.77. The third-order valence-corrected chi connectivity index (χ3v) is 5.43. The SMILES string of the molecule is Cc1cc(C)n(-c2cccc(NC(=O)CC3CC4CCC(C3)N4)c2)n1.Cl. The van der Waals surface area contributed by atoms with Crippen molar-refractivity contribution in [3.63, 3.8) is 0 Å². The fourth-order valence-electron chi connectivity index (χ4n) is 4.42. The minimum atomic E-state index is 0. The number of nitrogens with one attached hydrogen (secondary N) is 2. The molecular weight excluding hydrogens is 348 g/mol. The van der Waals surface area contributed by atoms with E-state index in [1.807, 2.05) is 42.8 Å². The van der Waals surface area contributed by atoms with E-state index in [4.69, 9.17) is 0 Å². The average molecular weight is 375 g/mol. The van der Waals surface area contributed by atoms with Gasteiger partial charge in [0.1, 0.15) is 0 Å². The number of halogens is 1. The number of piperidine rings is 1. The van der Waals surface area contributed by atoms with E-state index in [9.17, 15) is 4.79 Å². The summed E-state index contributed by atoms with van der Waals surface area (Å²) >= 11 is 0. The van der Waals surface area contributed by atoms with Crippen LogP contribution < -0.4 is 10.6 Å². The van der Waals surface area contributed by atoms with Crippen molar-refractivity contribution in [3.05, 3.63) is 41.7 Å². The van der Waals surface area contributed by atoms with E-state index < -0.39 is 0 Å². The summed E-state index contributed by atoms with van der Waals surface area (Å²) in [6.45, 7) is 4.03. The molecule has 3 heterocycles. The summed E-state index contributed by atoms with van der Waals surface area (Å²) < 4.78 is 1.91. The van der Waals surface area contributed by atoms with E-state index in [2.05, 4.69) is 21.8 Å². The Kier molecular flexibility index (Phi) is 5.68. The van der Waals surface area contributed by atoms with Crippen molar-refractivity contribution in [2.45, 2.75) is 58.0 Å². The second-order valence-corrected chi connectivity index (χ2v) is 7.62. The largest absolute Gasteiger partial charge is 0.326 e. The molecule has 2 aliphatic rings. The Hall–Kier alpha value is -1.85. The van der Waals surface area contributed by atoms with Crippen LogP contribution in [0.2, 0.25) is 0 Å². The maximum Gasteiger partial charge on any atom is 0.224 e. The van der Waals surface area contributed by atoms with Gasteiger partial charge in [-0.25, -0.2) is 4.68 Å². The zero-order valence-corrected chi connectivity index (χ0v) is 16.2. The zero-order chi connectivity index (χ0) is 17.4. The number of amides is 1. The summed E-state index contributed by atoms with van der Waals surface area (Å²) in [6, 6.07) is 11.2. The number of anilines is 1. The normalized spacial score (nSPS) is 24.2. The number of carbonyl (C=O) groups is 1. The molecule has 26 heavy (non-hydrogen) atoms. The Labute approximate surface area is 161 Å². The highest BCUT2D eigenvalue weighted by molar-refractivity contribution is 5.91. The minimum absolute atomic E-state index is 0. The molecule has 2 saturated heterocycles. The Morgan fingerprint density at radius 2 is 1.96 bits per heavy atom. The van der Waals surface area contributed by atoms with Crippen LogP contribution in [-0.2, 0) is 4.79 Å². The van der Waals surface area contributed by atoms with Crippen LogP contribution in [0.3, 0.4) is 0 Å². The minimum Gasteiger partial charge on any atom is -0.326 e. The number of hydrogen-bond donors (Lipinski definition) is 2. The van der Waals surface area contributed by atoms with Gasteiger partial charge in [0.2, 0.25) is 5.91 Å². The van der Waals surface area contributed by atoms with Crippen LogP contribution in [0.25, 0.3) is 5.69 Å². The summed E-state index contributed by atoms with van der Waals surface area (Å²) in [5, 5.41) is 11.2. The van der Waals surface area contributed by atoms with Gasteiger partial charge in [0.15, 0.2) is 0 Å². The molecule has 0 radical (unpaired) electrons. The molecule has 2 aromatic rings. The summed E-state index contributed by atoms with van der Waals surface area (Å²) in [5.74, 6) is 0.634. The number of rotatable bonds is 4. The molecule has 5 nitrogen and oxygen atoms in total. The highest BCUT2D eigenvalue weighted by Gasteiger charge is 2.34. The molecule has 4 rings (SSSR count). The molecule has 0 aliphatic carbocycles.